The van der Waals surface area contributed by atoms with Crippen LogP contribution in [0.3, 0.4) is 0 Å². The number of benzene rings is 1. The molecule has 1 atom stereocenters. The maximum Gasteiger partial charge on any atom is 0.338 e. The van der Waals surface area contributed by atoms with Crippen LogP contribution in [0.2, 0.25) is 0 Å². The molecule has 1 unspecified atom stereocenters. The van der Waals surface area contributed by atoms with E-state index in [1.165, 1.54) is 18.4 Å². The van der Waals surface area contributed by atoms with Crippen molar-refractivity contribution in [3.8, 4) is 5.75 Å². The Bertz CT molecular complexity index is 1350. The highest BCUT2D eigenvalue weighted by atomic mass is 32.1. The molecular formula is C22H22N4O4S. The van der Waals surface area contributed by atoms with Crippen LogP contribution >= 0.6 is 11.3 Å². The first-order chi connectivity index (χ1) is 15.0. The van der Waals surface area contributed by atoms with Crippen molar-refractivity contribution in [3.05, 3.63) is 78.7 Å². The van der Waals surface area contributed by atoms with Crippen LogP contribution in [0.4, 0.5) is 0 Å². The van der Waals surface area contributed by atoms with E-state index < -0.39 is 12.0 Å². The zero-order valence-electron chi connectivity index (χ0n) is 17.7. The van der Waals surface area contributed by atoms with Crippen LogP contribution < -0.4 is 19.6 Å². The first-order valence-electron chi connectivity index (χ1n) is 9.74. The summed E-state index contributed by atoms with van der Waals surface area (Å²) in [6.07, 6.45) is 5.39. The van der Waals surface area contributed by atoms with Gasteiger partial charge in [0.05, 0.1) is 42.3 Å². The van der Waals surface area contributed by atoms with Crippen molar-refractivity contribution >= 4 is 23.4 Å². The minimum absolute atomic E-state index is 0.220. The van der Waals surface area contributed by atoms with Crippen LogP contribution in [0.25, 0.3) is 6.08 Å². The van der Waals surface area contributed by atoms with Crippen molar-refractivity contribution in [2.45, 2.75) is 26.4 Å². The Hall–Kier alpha value is -3.46. The number of thiazole rings is 1. The molecule has 3 aromatic rings. The smallest absolute Gasteiger partial charge is 0.338 e. The Morgan fingerprint density at radius 1 is 1.26 bits per heavy atom. The molecule has 1 aliphatic heterocycles. The quantitative estimate of drug-likeness (QED) is 0.565. The van der Waals surface area contributed by atoms with Crippen molar-refractivity contribution in [1.29, 1.82) is 0 Å². The van der Waals surface area contributed by atoms with Crippen LogP contribution in [0.15, 0.2) is 57.7 Å². The number of esters is 1. The lowest BCUT2D eigenvalue weighted by molar-refractivity contribution is -0.136. The number of hydrogen-bond acceptors (Lipinski definition) is 7. The summed E-state index contributed by atoms with van der Waals surface area (Å²) in [7, 11) is 2.91. The largest absolute Gasteiger partial charge is 0.497 e. The molecule has 1 aromatic carbocycles. The number of hydrogen-bond donors (Lipinski definition) is 0. The lowest BCUT2D eigenvalue weighted by Crippen LogP contribution is -2.39. The molecule has 0 aliphatic carbocycles. The van der Waals surface area contributed by atoms with Gasteiger partial charge in [0, 0.05) is 18.3 Å². The third kappa shape index (κ3) is 3.72. The second-order valence-corrected chi connectivity index (χ2v) is 7.99. The van der Waals surface area contributed by atoms with Crippen LogP contribution in [0.5, 0.6) is 5.75 Å². The SMILES string of the molecule is CCn1cc(/C=c2/sc3n(c2=O)C(c2ccc(OC)cc2)C(C(=O)OC)=C(C)N=3)cn1. The molecule has 0 spiro atoms. The minimum atomic E-state index is -0.643. The van der Waals surface area contributed by atoms with Crippen molar-refractivity contribution in [1.82, 2.24) is 14.3 Å². The Labute approximate surface area is 182 Å². The Morgan fingerprint density at radius 3 is 2.61 bits per heavy atom. The molecule has 3 heterocycles. The van der Waals surface area contributed by atoms with Crippen molar-refractivity contribution in [2.24, 2.45) is 4.99 Å². The van der Waals surface area contributed by atoms with Crippen molar-refractivity contribution in [3.63, 3.8) is 0 Å². The Kier molecular flexibility index (Phi) is 5.60. The first-order valence-corrected chi connectivity index (χ1v) is 10.6. The second kappa shape index (κ2) is 8.35. The molecular weight excluding hydrogens is 416 g/mol. The van der Waals surface area contributed by atoms with Crippen LogP contribution in [-0.2, 0) is 16.1 Å². The predicted molar refractivity (Wildman–Crippen MR) is 117 cm³/mol. The van der Waals surface area contributed by atoms with Gasteiger partial charge in [-0.1, -0.05) is 23.5 Å². The van der Waals surface area contributed by atoms with Crippen LogP contribution in [0, 0.1) is 0 Å². The summed E-state index contributed by atoms with van der Waals surface area (Å²) in [5.74, 6) is 0.171. The number of aromatic nitrogens is 3. The molecule has 31 heavy (non-hydrogen) atoms. The molecule has 9 heteroatoms. The fourth-order valence-electron chi connectivity index (χ4n) is 3.57. The van der Waals surface area contributed by atoms with E-state index in [-0.39, 0.29) is 5.56 Å². The van der Waals surface area contributed by atoms with Gasteiger partial charge in [0.25, 0.3) is 5.56 Å². The average molecular weight is 439 g/mol. The number of rotatable bonds is 5. The zero-order valence-corrected chi connectivity index (χ0v) is 18.5. The number of carbonyl (C=O) groups is 1. The number of allylic oxidation sites excluding steroid dienone is 1. The van der Waals surface area contributed by atoms with Crippen LogP contribution in [0.1, 0.15) is 31.0 Å². The monoisotopic (exact) mass is 438 g/mol. The third-order valence-corrected chi connectivity index (χ3v) is 6.12. The summed E-state index contributed by atoms with van der Waals surface area (Å²) < 4.78 is 14.1. The van der Waals surface area contributed by atoms with Gasteiger partial charge in [-0.25, -0.2) is 9.79 Å². The van der Waals surface area contributed by atoms with Gasteiger partial charge >= 0.3 is 5.97 Å². The molecule has 0 amide bonds. The first kappa shape index (κ1) is 20.8. The summed E-state index contributed by atoms with van der Waals surface area (Å²) in [6.45, 7) is 4.50. The Balaban J connectivity index is 1.93. The zero-order chi connectivity index (χ0) is 22.1. The summed E-state index contributed by atoms with van der Waals surface area (Å²) in [5, 5.41) is 4.26. The molecule has 160 valence electrons. The molecule has 0 radical (unpaired) electrons. The third-order valence-electron chi connectivity index (χ3n) is 5.13. The average Bonchev–Trinajstić information content (AvgIpc) is 3.36. The lowest BCUT2D eigenvalue weighted by Gasteiger charge is -2.24. The maximum atomic E-state index is 13.4. The molecule has 0 N–H and O–H groups in total. The van der Waals surface area contributed by atoms with Gasteiger partial charge in [0.15, 0.2) is 4.80 Å². The van der Waals surface area contributed by atoms with E-state index >= 15 is 0 Å². The fraction of sp³-hybridized carbons (Fsp3) is 0.273. The van der Waals surface area contributed by atoms with E-state index in [1.807, 2.05) is 25.3 Å². The van der Waals surface area contributed by atoms with Gasteiger partial charge in [-0.15, -0.1) is 0 Å². The van der Waals surface area contributed by atoms with E-state index in [2.05, 4.69) is 10.1 Å². The molecule has 0 fully saturated rings. The molecule has 0 saturated heterocycles. The van der Waals surface area contributed by atoms with E-state index in [0.717, 1.165) is 17.7 Å². The van der Waals surface area contributed by atoms with E-state index in [4.69, 9.17) is 9.47 Å². The summed E-state index contributed by atoms with van der Waals surface area (Å²) in [6, 6.07) is 6.64. The summed E-state index contributed by atoms with van der Waals surface area (Å²) in [4.78, 5) is 31.1. The van der Waals surface area contributed by atoms with Crippen molar-refractivity contribution < 1.29 is 14.3 Å². The highest BCUT2D eigenvalue weighted by Gasteiger charge is 2.33. The highest BCUT2D eigenvalue weighted by molar-refractivity contribution is 7.07. The second-order valence-electron chi connectivity index (χ2n) is 6.98. The normalized spacial score (nSPS) is 16.1. The lowest BCUT2D eigenvalue weighted by atomic mass is 9.96. The van der Waals surface area contributed by atoms with Crippen molar-refractivity contribution in [2.75, 3.05) is 14.2 Å². The number of aryl methyl sites for hydroxylation is 1. The Morgan fingerprint density at radius 2 is 2.00 bits per heavy atom. The van der Waals surface area contributed by atoms with E-state index in [9.17, 15) is 9.59 Å². The number of ether oxygens (including phenoxy) is 2. The summed E-state index contributed by atoms with van der Waals surface area (Å²) >= 11 is 1.29. The number of carbonyl (C=O) groups excluding carboxylic acids is 1. The van der Waals surface area contributed by atoms with Gasteiger partial charge in [-0.3, -0.25) is 14.0 Å². The molecule has 0 saturated carbocycles. The van der Waals surface area contributed by atoms with E-state index in [1.54, 1.807) is 47.7 Å². The van der Waals surface area contributed by atoms with Crippen LogP contribution in [-0.4, -0.2) is 34.5 Å². The predicted octanol–water partition coefficient (Wildman–Crippen LogP) is 1.63. The number of nitrogens with zero attached hydrogens (tertiary/aromatic N) is 4. The molecule has 0 bridgehead atoms. The van der Waals surface area contributed by atoms with Gasteiger partial charge < -0.3 is 9.47 Å². The topological polar surface area (TPSA) is 87.7 Å². The number of methoxy groups -OCH3 is 2. The fourth-order valence-corrected chi connectivity index (χ4v) is 4.62. The van der Waals surface area contributed by atoms with Gasteiger partial charge in [-0.2, -0.15) is 5.10 Å². The highest BCUT2D eigenvalue weighted by Crippen LogP contribution is 2.31. The minimum Gasteiger partial charge on any atom is -0.497 e. The van der Waals surface area contributed by atoms with Gasteiger partial charge in [0.2, 0.25) is 0 Å². The molecule has 1 aliphatic rings. The maximum absolute atomic E-state index is 13.4. The molecule has 8 nitrogen and oxygen atoms in total. The molecule has 4 rings (SSSR count). The standard InChI is InChI=1S/C22H22N4O4S/c1-5-25-12-14(11-23-25)10-17-20(27)26-19(15-6-8-16(29-3)9-7-15)18(21(28)30-4)13(2)24-22(26)31-17/h6-12,19H,5H2,1-4H3/b17-10+. The molecule has 2 aromatic heterocycles. The summed E-state index contributed by atoms with van der Waals surface area (Å²) in [5.41, 5.74) is 2.24. The van der Waals surface area contributed by atoms with E-state index in [0.29, 0.717) is 26.4 Å². The van der Waals surface area contributed by atoms with Gasteiger partial charge in [-0.05, 0) is 37.6 Å². The number of fused-ring (bicyclic) bond motifs is 1. The van der Waals surface area contributed by atoms with Gasteiger partial charge in [0.1, 0.15) is 5.75 Å².